The van der Waals surface area contributed by atoms with Crippen molar-refractivity contribution in [3.63, 3.8) is 0 Å². The summed E-state index contributed by atoms with van der Waals surface area (Å²) in [7, 11) is -5.70. The van der Waals surface area contributed by atoms with Crippen LogP contribution in [-0.4, -0.2) is 33.7 Å². The summed E-state index contributed by atoms with van der Waals surface area (Å²) in [6.07, 6.45) is 2.52. The van der Waals surface area contributed by atoms with Crippen LogP contribution in [0.25, 0.3) is 16.6 Å². The minimum atomic E-state index is -5.70. The molecule has 1 N–H and O–H groups in total. The highest BCUT2D eigenvalue weighted by Crippen LogP contribution is 2.27. The highest BCUT2D eigenvalue weighted by molar-refractivity contribution is 7.87. The zero-order chi connectivity index (χ0) is 14.5. The Labute approximate surface area is 109 Å². The molecule has 0 spiro atoms. The van der Waals surface area contributed by atoms with Gasteiger partial charge in [0.05, 0.1) is 23.3 Å². The molecule has 7 nitrogen and oxygen atoms in total. The van der Waals surface area contributed by atoms with E-state index in [0.717, 1.165) is 12.3 Å². The lowest BCUT2D eigenvalue weighted by molar-refractivity contribution is -0.0500. The molecular formula is C9H5F3N4O3S. The molecule has 0 saturated heterocycles. The largest absolute Gasteiger partial charge is 0.534 e. The second-order valence-corrected chi connectivity index (χ2v) is 5.35. The van der Waals surface area contributed by atoms with Crippen LogP contribution >= 0.6 is 0 Å². The second kappa shape index (κ2) is 3.85. The van der Waals surface area contributed by atoms with Gasteiger partial charge < -0.3 is 4.18 Å². The van der Waals surface area contributed by atoms with Gasteiger partial charge in [-0.25, -0.2) is 4.52 Å². The number of alkyl halides is 3. The van der Waals surface area contributed by atoms with E-state index in [1.807, 2.05) is 0 Å². The molecule has 0 aromatic carbocycles. The van der Waals surface area contributed by atoms with Crippen molar-refractivity contribution in [1.29, 1.82) is 0 Å². The minimum absolute atomic E-state index is 0.417. The molecule has 0 aliphatic rings. The van der Waals surface area contributed by atoms with Crippen LogP contribution in [-0.2, 0) is 10.1 Å². The molecule has 0 amide bonds. The van der Waals surface area contributed by atoms with E-state index in [4.69, 9.17) is 0 Å². The molecular weight excluding hydrogens is 301 g/mol. The third-order valence-electron chi connectivity index (χ3n) is 2.49. The van der Waals surface area contributed by atoms with Gasteiger partial charge in [-0.2, -0.15) is 26.7 Å². The number of nitrogens with zero attached hydrogens (tertiary/aromatic N) is 3. The molecule has 11 heteroatoms. The predicted molar refractivity (Wildman–Crippen MR) is 60.4 cm³/mol. The molecule has 0 aliphatic heterocycles. The summed E-state index contributed by atoms with van der Waals surface area (Å²) in [6, 6.07) is 2.48. The molecule has 3 aromatic rings. The van der Waals surface area contributed by atoms with E-state index in [9.17, 15) is 21.6 Å². The zero-order valence-corrected chi connectivity index (χ0v) is 10.2. The van der Waals surface area contributed by atoms with Gasteiger partial charge in [0.15, 0.2) is 11.4 Å². The van der Waals surface area contributed by atoms with Gasteiger partial charge >= 0.3 is 15.6 Å². The number of halogens is 3. The quantitative estimate of drug-likeness (QED) is 0.571. The van der Waals surface area contributed by atoms with E-state index in [-0.39, 0.29) is 0 Å². The number of fused-ring (bicyclic) bond motifs is 3. The molecule has 0 aliphatic carbocycles. The smallest absolute Gasteiger partial charge is 0.374 e. The van der Waals surface area contributed by atoms with Crippen molar-refractivity contribution in [1.82, 2.24) is 19.8 Å². The first-order chi connectivity index (χ1) is 9.28. The maximum atomic E-state index is 12.2. The van der Waals surface area contributed by atoms with Crippen molar-refractivity contribution >= 4 is 26.7 Å². The van der Waals surface area contributed by atoms with Gasteiger partial charge in [-0.05, 0) is 12.1 Å². The number of nitrogens with one attached hydrogen (secondary N) is 1. The Kier molecular flexibility index (Phi) is 2.45. The van der Waals surface area contributed by atoms with E-state index < -0.39 is 21.4 Å². The van der Waals surface area contributed by atoms with E-state index in [0.29, 0.717) is 16.6 Å². The van der Waals surface area contributed by atoms with E-state index in [2.05, 4.69) is 19.5 Å². The van der Waals surface area contributed by atoms with Crippen LogP contribution in [0.1, 0.15) is 0 Å². The summed E-state index contributed by atoms with van der Waals surface area (Å²) in [5, 5.41) is 10.9. The molecule has 0 atom stereocenters. The average molecular weight is 306 g/mol. The maximum absolute atomic E-state index is 12.2. The fourth-order valence-electron chi connectivity index (χ4n) is 1.64. The summed E-state index contributed by atoms with van der Waals surface area (Å²) in [5.41, 5.74) is -4.52. The van der Waals surface area contributed by atoms with Crippen LogP contribution in [0, 0.1) is 0 Å². The molecule has 0 unspecified atom stereocenters. The topological polar surface area (TPSA) is 89.4 Å². The van der Waals surface area contributed by atoms with Crippen molar-refractivity contribution in [2.24, 2.45) is 0 Å². The molecule has 0 radical (unpaired) electrons. The van der Waals surface area contributed by atoms with Gasteiger partial charge in [-0.1, -0.05) is 0 Å². The molecule has 3 aromatic heterocycles. The first kappa shape index (κ1) is 12.7. The predicted octanol–water partition coefficient (Wildman–Crippen LogP) is 1.44. The Bertz CT molecular complexity index is 896. The van der Waals surface area contributed by atoms with Gasteiger partial charge in [0.2, 0.25) is 0 Å². The molecule has 106 valence electrons. The van der Waals surface area contributed by atoms with Crippen LogP contribution in [0.15, 0.2) is 24.5 Å². The normalized spacial score (nSPS) is 13.2. The Hall–Kier alpha value is -2.30. The lowest BCUT2D eigenvalue weighted by atomic mass is 10.3. The lowest BCUT2D eigenvalue weighted by Gasteiger charge is -2.09. The Morgan fingerprint density at radius 3 is 2.75 bits per heavy atom. The third-order valence-corrected chi connectivity index (χ3v) is 3.47. The molecule has 0 fully saturated rings. The van der Waals surface area contributed by atoms with Crippen molar-refractivity contribution in [3.8, 4) is 5.75 Å². The van der Waals surface area contributed by atoms with Crippen molar-refractivity contribution in [3.05, 3.63) is 24.5 Å². The lowest BCUT2D eigenvalue weighted by Crippen LogP contribution is -2.28. The van der Waals surface area contributed by atoms with Gasteiger partial charge in [0.1, 0.15) is 0 Å². The summed E-state index contributed by atoms with van der Waals surface area (Å²) >= 11 is 0. The Balaban J connectivity index is 2.05. The number of hydrogen-bond donors (Lipinski definition) is 1. The first-order valence-electron chi connectivity index (χ1n) is 5.10. The summed E-state index contributed by atoms with van der Waals surface area (Å²) in [5.74, 6) is -0.493. The van der Waals surface area contributed by atoms with Gasteiger partial charge in [0.25, 0.3) is 0 Å². The zero-order valence-electron chi connectivity index (χ0n) is 9.42. The number of aromatic amines is 1. The fraction of sp³-hybridized carbons (Fsp3) is 0.111. The Morgan fingerprint density at radius 2 is 2.05 bits per heavy atom. The first-order valence-corrected chi connectivity index (χ1v) is 6.51. The second-order valence-electron chi connectivity index (χ2n) is 3.81. The van der Waals surface area contributed by atoms with E-state index in [1.165, 1.54) is 16.8 Å². The highest BCUT2D eigenvalue weighted by Gasteiger charge is 2.48. The monoisotopic (exact) mass is 306 g/mol. The fourth-order valence-corrected chi connectivity index (χ4v) is 2.09. The molecule has 0 saturated carbocycles. The molecule has 20 heavy (non-hydrogen) atoms. The van der Waals surface area contributed by atoms with Crippen LogP contribution in [0.3, 0.4) is 0 Å². The molecule has 0 bridgehead atoms. The van der Waals surface area contributed by atoms with E-state index in [1.54, 1.807) is 0 Å². The molecule has 3 heterocycles. The SMILES string of the molecule is O=S(=O)(Oc1ccc2c3cn[nH]c3nn2c1)C(F)(F)F. The van der Waals surface area contributed by atoms with Gasteiger partial charge in [0, 0.05) is 0 Å². The standard InChI is InChI=1S/C9H5F3N4O3S/c10-9(11,12)20(17,18)19-5-1-2-7-6-3-13-14-8(6)15-16(7)4-5/h1-4H,(H,14,15). The molecule has 3 rings (SSSR count). The number of rotatable bonds is 2. The van der Waals surface area contributed by atoms with Gasteiger partial charge in [-0.3, -0.25) is 5.10 Å². The summed E-state index contributed by atoms with van der Waals surface area (Å²) in [4.78, 5) is 0. The summed E-state index contributed by atoms with van der Waals surface area (Å²) < 4.78 is 63.6. The van der Waals surface area contributed by atoms with Crippen LogP contribution in [0.2, 0.25) is 0 Å². The van der Waals surface area contributed by atoms with Crippen LogP contribution in [0.5, 0.6) is 5.75 Å². The highest BCUT2D eigenvalue weighted by atomic mass is 32.2. The number of aromatic nitrogens is 4. The van der Waals surface area contributed by atoms with Crippen LogP contribution in [0.4, 0.5) is 13.2 Å². The third kappa shape index (κ3) is 1.86. The van der Waals surface area contributed by atoms with Crippen LogP contribution < -0.4 is 4.18 Å². The maximum Gasteiger partial charge on any atom is 0.534 e. The van der Waals surface area contributed by atoms with E-state index >= 15 is 0 Å². The number of H-pyrrole nitrogens is 1. The average Bonchev–Trinajstić information content (AvgIpc) is 2.86. The number of pyridine rings is 1. The number of hydrogen-bond acceptors (Lipinski definition) is 5. The van der Waals surface area contributed by atoms with Crippen molar-refractivity contribution < 1.29 is 25.8 Å². The van der Waals surface area contributed by atoms with Crippen molar-refractivity contribution in [2.45, 2.75) is 5.51 Å². The Morgan fingerprint density at radius 1 is 1.30 bits per heavy atom. The summed E-state index contributed by atoms with van der Waals surface area (Å²) in [6.45, 7) is 0. The van der Waals surface area contributed by atoms with Crippen molar-refractivity contribution in [2.75, 3.05) is 0 Å². The minimum Gasteiger partial charge on any atom is -0.374 e. The van der Waals surface area contributed by atoms with Gasteiger partial charge in [-0.15, -0.1) is 5.10 Å².